The summed E-state index contributed by atoms with van der Waals surface area (Å²) in [5.74, 6) is 1.94. The summed E-state index contributed by atoms with van der Waals surface area (Å²) >= 11 is 9.48. The van der Waals surface area contributed by atoms with Crippen LogP contribution in [0.1, 0.15) is 141 Å². The molecule has 6 aromatic heterocycles. The summed E-state index contributed by atoms with van der Waals surface area (Å²) in [6.45, 7) is 15.2. The molecule has 2 amide bonds. The number of aromatic hydroxyl groups is 3. The van der Waals surface area contributed by atoms with Gasteiger partial charge in [0.1, 0.15) is 57.5 Å². The van der Waals surface area contributed by atoms with Crippen LogP contribution in [-0.2, 0) is 98.0 Å². The first-order valence-corrected chi connectivity index (χ1v) is 44.9. The van der Waals surface area contributed by atoms with Gasteiger partial charge in [0, 0.05) is 118 Å². The normalized spacial score (nSPS) is 15.7. The van der Waals surface area contributed by atoms with Gasteiger partial charge in [0.05, 0.1) is 85.3 Å². The van der Waals surface area contributed by atoms with Crippen LogP contribution in [0.15, 0.2) is 141 Å². The number of fused-ring (bicyclic) bond motifs is 18. The second-order valence-corrected chi connectivity index (χ2v) is 35.8. The third kappa shape index (κ3) is 19.3. The predicted octanol–water partition coefficient (Wildman–Crippen LogP) is 12.8. The van der Waals surface area contributed by atoms with Crippen molar-refractivity contribution in [3.63, 3.8) is 0 Å². The Kier molecular flexibility index (Phi) is 29.7. The van der Waals surface area contributed by atoms with Crippen LogP contribution in [0.5, 0.6) is 23.0 Å². The highest BCUT2D eigenvalue weighted by molar-refractivity contribution is 8.16. The Morgan fingerprint density at radius 3 is 1.24 bits per heavy atom. The van der Waals surface area contributed by atoms with E-state index in [0.29, 0.717) is 124 Å². The van der Waals surface area contributed by atoms with Crippen molar-refractivity contribution in [3.05, 3.63) is 259 Å². The van der Waals surface area contributed by atoms with Gasteiger partial charge < -0.3 is 85.4 Å². The van der Waals surface area contributed by atoms with Crippen LogP contribution in [0.4, 0.5) is 4.79 Å². The predicted molar refractivity (Wildman–Crippen MR) is 495 cm³/mol. The van der Waals surface area contributed by atoms with Crippen LogP contribution in [0, 0.1) is 13.8 Å². The Balaban J connectivity index is 0.000000126. The molecule has 1 saturated heterocycles. The minimum Gasteiger partial charge on any atom is -0.507 e. The smallest absolute Gasteiger partial charge is 0.410 e. The Labute approximate surface area is 758 Å². The van der Waals surface area contributed by atoms with Crippen LogP contribution < -0.4 is 38.5 Å². The van der Waals surface area contributed by atoms with Gasteiger partial charge >= 0.3 is 39.8 Å². The number of alkyl halides is 1. The lowest BCUT2D eigenvalue weighted by Crippen LogP contribution is -2.38. The lowest BCUT2D eigenvalue weighted by molar-refractivity contribution is -0.0757. The summed E-state index contributed by atoms with van der Waals surface area (Å²) < 4.78 is 48.1. The largest absolute Gasteiger partial charge is 0.507 e. The molecule has 682 valence electrons. The van der Waals surface area contributed by atoms with Crippen molar-refractivity contribution in [3.8, 4) is 23.0 Å². The van der Waals surface area contributed by atoms with E-state index in [2.05, 4.69) is 31.1 Å². The number of carbonyl (C=O) groups excluding carboxylic acids is 5. The van der Waals surface area contributed by atoms with Gasteiger partial charge in [-0.3, -0.25) is 24.0 Å². The SMILES string of the molecule is C=CCOC(=O)N1CCc2c(c(=O)oc3c(C(=O)N(C)OC)c(O)ccc23)C1.CN1CCc2c(c(=O)oc3c(C4SCCCS4)c(O)ccc23)C1.CN1CCc2c(c(=O)oc3c(CCl)c(O)ccc23)C1.COCOc1ccc2c3c(c(=O)oc2c1C=O)CN(C)CC3.Cc1ccc2c3c(c(=O)oc2c1C=O)CN(C)CC3.Cc1ccc2c3c(c(=O)oc2c1C=O)CN(C)CC3. The Morgan fingerprint density at radius 1 is 0.469 bits per heavy atom. The number of hydrogen-bond donors (Lipinski definition) is 3. The number of likely N-dealkylation sites (N-methyl/N-ethyl adjacent to an activating group) is 5. The topological polar surface area (TPSA) is 387 Å². The molecule has 34 heteroatoms. The van der Waals surface area contributed by atoms with Gasteiger partial charge in [-0.25, -0.2) is 38.6 Å². The van der Waals surface area contributed by atoms with Gasteiger partial charge in [0.25, 0.3) is 5.91 Å². The van der Waals surface area contributed by atoms with E-state index in [0.717, 1.165) is 182 Å². The zero-order valence-electron chi connectivity index (χ0n) is 73.7. The molecule has 1 fully saturated rings. The average Bonchev–Trinajstić information content (AvgIpc) is 0.867. The van der Waals surface area contributed by atoms with Crippen LogP contribution in [0.3, 0.4) is 0 Å². The molecule has 19 rings (SSSR count). The number of phenolic OH excluding ortho intramolecular Hbond substituents is 3. The molecule has 31 nitrogen and oxygen atoms in total. The lowest BCUT2D eigenvalue weighted by Gasteiger charge is -2.28. The molecule has 0 atom stereocenters. The molecule has 13 heterocycles. The molecule has 7 aliphatic rings. The number of amides is 2. The molecule has 0 aliphatic carbocycles. The number of rotatable bonds is 12. The van der Waals surface area contributed by atoms with Crippen LogP contribution >= 0.6 is 35.1 Å². The van der Waals surface area contributed by atoms with Gasteiger partial charge in [0.15, 0.2) is 36.8 Å². The molecular weight excluding hydrogens is 1730 g/mol. The number of nitrogens with zero attached hydrogens (tertiary/aromatic N) is 7. The van der Waals surface area contributed by atoms with Gasteiger partial charge in [0.2, 0.25) is 0 Å². The number of hydrogen-bond acceptors (Lipinski definition) is 31. The summed E-state index contributed by atoms with van der Waals surface area (Å²) in [4.78, 5) is 149. The van der Waals surface area contributed by atoms with Crippen LogP contribution in [-0.4, -0.2) is 201 Å². The first-order valence-electron chi connectivity index (χ1n) is 42.3. The molecule has 7 aliphatic heterocycles. The molecule has 0 saturated carbocycles. The van der Waals surface area contributed by atoms with Gasteiger partial charge in [-0.2, -0.15) is 0 Å². The second kappa shape index (κ2) is 41.0. The Morgan fingerprint density at radius 2 is 0.823 bits per heavy atom. The molecule has 0 unspecified atom stereocenters. The molecule has 12 aromatic rings. The van der Waals surface area contributed by atoms with E-state index in [1.165, 1.54) is 44.7 Å². The highest BCUT2D eigenvalue weighted by Crippen LogP contribution is 2.50. The zero-order chi connectivity index (χ0) is 92.8. The molecule has 0 spiro atoms. The fraction of sp³-hybridized carbons (Fsp3) is 0.365. The molecule has 0 radical (unpaired) electrons. The summed E-state index contributed by atoms with van der Waals surface area (Å²) in [7, 11) is 14.1. The van der Waals surface area contributed by atoms with Crippen LogP contribution in [0.25, 0.3) is 65.8 Å². The van der Waals surface area contributed by atoms with E-state index in [1.54, 1.807) is 30.3 Å². The number of hydroxylamine groups is 2. The second-order valence-electron chi connectivity index (χ2n) is 32.9. The van der Waals surface area contributed by atoms with Gasteiger partial charge in [-0.05, 0) is 199 Å². The number of aldehydes is 3. The van der Waals surface area contributed by atoms with Crippen molar-refractivity contribution in [2.45, 2.75) is 109 Å². The quantitative estimate of drug-likeness (QED) is 0.0255. The minimum atomic E-state index is -0.677. The van der Waals surface area contributed by atoms with Crippen molar-refractivity contribution in [2.24, 2.45) is 0 Å². The number of ether oxygens (including phenoxy) is 3. The summed E-state index contributed by atoms with van der Waals surface area (Å²) in [6.07, 6.45) is 8.69. The van der Waals surface area contributed by atoms with E-state index < -0.39 is 17.6 Å². The fourth-order valence-electron chi connectivity index (χ4n) is 17.4. The maximum absolute atomic E-state index is 12.6. The third-order valence-corrected chi connectivity index (χ3v) is 27.6. The summed E-state index contributed by atoms with van der Waals surface area (Å²) in [5.41, 5.74) is 13.6. The van der Waals surface area contributed by atoms with Crippen molar-refractivity contribution in [2.75, 3.05) is 121 Å². The van der Waals surface area contributed by atoms with Crippen LogP contribution in [0.2, 0.25) is 0 Å². The Hall–Kier alpha value is -12.0. The highest BCUT2D eigenvalue weighted by Gasteiger charge is 2.34. The highest BCUT2D eigenvalue weighted by atomic mass is 35.5. The van der Waals surface area contributed by atoms with Crippen molar-refractivity contribution < 1.29 is 84.8 Å². The van der Waals surface area contributed by atoms with E-state index in [4.69, 9.17) is 57.2 Å². The monoisotopic (exact) mass is 1830 g/mol. The Bertz CT molecular complexity index is 6750. The third-order valence-electron chi connectivity index (χ3n) is 24.4. The lowest BCUT2D eigenvalue weighted by atomic mass is 9.95. The summed E-state index contributed by atoms with van der Waals surface area (Å²) in [5, 5.41) is 36.3. The van der Waals surface area contributed by atoms with E-state index in [1.807, 2.05) is 109 Å². The molecule has 130 heavy (non-hydrogen) atoms. The van der Waals surface area contributed by atoms with Crippen molar-refractivity contribution in [1.29, 1.82) is 0 Å². The first kappa shape index (κ1) is 94.1. The number of thioether (sulfide) groups is 2. The van der Waals surface area contributed by atoms with E-state index in [-0.39, 0.29) is 98.1 Å². The molecular formula is C96H100ClN7O24S2. The minimum absolute atomic E-state index is 0.0136. The zero-order valence-corrected chi connectivity index (χ0v) is 76.1. The average molecular weight is 1840 g/mol. The number of methoxy groups -OCH3 is 1. The molecule has 0 bridgehead atoms. The fourth-order valence-corrected chi connectivity index (χ4v) is 20.7. The van der Waals surface area contributed by atoms with Crippen molar-refractivity contribution >= 4 is 132 Å². The number of aryl methyl sites for hydroxylation is 2. The maximum atomic E-state index is 12.6. The summed E-state index contributed by atoms with van der Waals surface area (Å²) in [6, 6.07) is 21.3. The standard InChI is InChI=1S/C19H20N2O7.C17H19NO3S2.C16H17NO5.2C15H15NO3.C14H14ClNO3/c1-4-9-27-19(25)21-8-7-11-12-5-6-14(22)15(17(23)20(2)26-3)16(12)28-18(24)13(11)10-21;1-18-6-5-10-11-3-4-13(19)14(17-22-7-2-8-23-17)15(11)21-16(20)12(10)9-18;1-17-6-5-10-11-3-4-14(21-9-20-2)13(8-18)15(11)22-16(19)12(10)7-17;2*1-9-3-4-11-10-5-6-16(2)7-12(10)15(18)19-14(11)13(9)8-17;1-16-5-4-8-9-2-3-12(17)10(6-15)13(9)19-14(18)11(8)7-16/h4-6,22H,1,7-10H2,2-3H3;3-4,17,19H,2,5-9H2,1H3;3-4,8H,5-7,9H2,1-2H3;2*3-4,8H,5-7H2,1-2H3;2-3,17H,4-7H2,1H3. The van der Waals surface area contributed by atoms with E-state index in [9.17, 15) is 68.1 Å². The number of halogens is 1. The first-order chi connectivity index (χ1) is 62.5. The molecule has 3 N–H and O–H groups in total. The number of benzene rings is 6. The number of phenols is 3. The number of carbonyl (C=O) groups is 5. The maximum Gasteiger partial charge on any atom is 0.410 e. The van der Waals surface area contributed by atoms with Gasteiger partial charge in [-0.1, -0.05) is 36.9 Å². The molecule has 6 aromatic carbocycles. The van der Waals surface area contributed by atoms with Gasteiger partial charge in [-0.15, -0.1) is 35.1 Å². The van der Waals surface area contributed by atoms with Crippen molar-refractivity contribution in [1.82, 2.24) is 34.5 Å². The van der Waals surface area contributed by atoms with E-state index >= 15 is 0 Å².